The molecule has 2 unspecified atom stereocenters. The SMILES string of the molecule is CCNC(=NCc1nc(C(C)C)cs1)NCC(C)N1CCOCC1C. The molecule has 6 nitrogen and oxygen atoms in total. The van der Waals surface area contributed by atoms with Crippen LogP contribution in [-0.2, 0) is 11.3 Å². The van der Waals surface area contributed by atoms with E-state index in [1.807, 2.05) is 0 Å². The molecule has 0 saturated carbocycles. The number of nitrogens with zero attached hydrogens (tertiary/aromatic N) is 3. The number of guanidine groups is 1. The van der Waals surface area contributed by atoms with Crippen LogP contribution < -0.4 is 10.6 Å². The van der Waals surface area contributed by atoms with Crippen LogP contribution in [0.25, 0.3) is 0 Å². The number of thiazole rings is 1. The van der Waals surface area contributed by atoms with Crippen molar-refractivity contribution in [2.24, 2.45) is 4.99 Å². The van der Waals surface area contributed by atoms with Gasteiger partial charge in [-0.2, -0.15) is 0 Å². The lowest BCUT2D eigenvalue weighted by molar-refractivity contribution is -0.0174. The van der Waals surface area contributed by atoms with Crippen LogP contribution in [0.5, 0.6) is 0 Å². The van der Waals surface area contributed by atoms with E-state index in [1.165, 1.54) is 0 Å². The lowest BCUT2D eigenvalue weighted by Crippen LogP contribution is -2.53. The summed E-state index contributed by atoms with van der Waals surface area (Å²) in [5.41, 5.74) is 1.16. The first-order chi connectivity index (χ1) is 12.0. The molecule has 0 aliphatic carbocycles. The second-order valence-electron chi connectivity index (χ2n) is 6.91. The van der Waals surface area contributed by atoms with Crippen LogP contribution in [0.4, 0.5) is 0 Å². The van der Waals surface area contributed by atoms with E-state index in [0.717, 1.165) is 49.5 Å². The van der Waals surface area contributed by atoms with Gasteiger partial charge >= 0.3 is 0 Å². The summed E-state index contributed by atoms with van der Waals surface area (Å²) in [6, 6.07) is 0.907. The smallest absolute Gasteiger partial charge is 0.191 e. The average molecular weight is 368 g/mol. The van der Waals surface area contributed by atoms with E-state index < -0.39 is 0 Å². The Kier molecular flexibility index (Phi) is 8.12. The zero-order valence-electron chi connectivity index (χ0n) is 16.2. The van der Waals surface area contributed by atoms with Crippen molar-refractivity contribution in [3.05, 3.63) is 16.1 Å². The molecule has 25 heavy (non-hydrogen) atoms. The van der Waals surface area contributed by atoms with Crippen LogP contribution in [0.1, 0.15) is 51.2 Å². The van der Waals surface area contributed by atoms with Crippen molar-refractivity contribution in [2.75, 3.05) is 32.8 Å². The highest BCUT2D eigenvalue weighted by molar-refractivity contribution is 7.09. The average Bonchev–Trinajstić information content (AvgIpc) is 3.07. The highest BCUT2D eigenvalue weighted by Crippen LogP contribution is 2.18. The van der Waals surface area contributed by atoms with Gasteiger partial charge in [0.15, 0.2) is 5.96 Å². The van der Waals surface area contributed by atoms with Crippen molar-refractivity contribution in [1.29, 1.82) is 0 Å². The van der Waals surface area contributed by atoms with E-state index in [4.69, 9.17) is 9.73 Å². The minimum absolute atomic E-state index is 0.440. The molecule has 1 saturated heterocycles. The third-order valence-electron chi connectivity index (χ3n) is 4.43. The summed E-state index contributed by atoms with van der Waals surface area (Å²) in [6.07, 6.45) is 0. The van der Waals surface area contributed by atoms with Gasteiger partial charge in [-0.15, -0.1) is 11.3 Å². The monoisotopic (exact) mass is 367 g/mol. The van der Waals surface area contributed by atoms with Gasteiger partial charge in [0.05, 0.1) is 25.5 Å². The molecule has 2 heterocycles. The summed E-state index contributed by atoms with van der Waals surface area (Å²) in [7, 11) is 0. The largest absolute Gasteiger partial charge is 0.379 e. The normalized spacial score (nSPS) is 20.7. The van der Waals surface area contributed by atoms with Crippen molar-refractivity contribution < 1.29 is 4.74 Å². The maximum atomic E-state index is 5.53. The summed E-state index contributed by atoms with van der Waals surface area (Å²) in [6.45, 7) is 15.9. The van der Waals surface area contributed by atoms with Gasteiger partial charge in [0.1, 0.15) is 5.01 Å². The topological polar surface area (TPSA) is 61.8 Å². The molecule has 0 amide bonds. The molecular formula is C18H33N5OS. The minimum atomic E-state index is 0.440. The third kappa shape index (κ3) is 6.24. The Labute approximate surface area is 156 Å². The number of aliphatic imine (C=N–C) groups is 1. The molecular weight excluding hydrogens is 334 g/mol. The van der Waals surface area contributed by atoms with Crippen molar-refractivity contribution >= 4 is 17.3 Å². The minimum Gasteiger partial charge on any atom is -0.379 e. The fourth-order valence-electron chi connectivity index (χ4n) is 2.91. The number of hydrogen-bond acceptors (Lipinski definition) is 5. The van der Waals surface area contributed by atoms with Gasteiger partial charge in [-0.05, 0) is 26.7 Å². The van der Waals surface area contributed by atoms with Gasteiger partial charge in [0.25, 0.3) is 0 Å². The maximum absolute atomic E-state index is 5.53. The van der Waals surface area contributed by atoms with Crippen LogP contribution in [0.2, 0.25) is 0 Å². The van der Waals surface area contributed by atoms with E-state index >= 15 is 0 Å². The second-order valence-corrected chi connectivity index (χ2v) is 7.85. The third-order valence-corrected chi connectivity index (χ3v) is 5.28. The fraction of sp³-hybridized carbons (Fsp3) is 0.778. The predicted octanol–water partition coefficient (Wildman–Crippen LogP) is 2.43. The molecule has 142 valence electrons. The van der Waals surface area contributed by atoms with Gasteiger partial charge in [0.2, 0.25) is 0 Å². The van der Waals surface area contributed by atoms with E-state index in [1.54, 1.807) is 11.3 Å². The Morgan fingerprint density at radius 1 is 1.44 bits per heavy atom. The van der Waals surface area contributed by atoms with E-state index in [2.05, 4.69) is 60.5 Å². The first-order valence-corrected chi connectivity index (χ1v) is 10.2. The molecule has 1 fully saturated rings. The molecule has 1 aliphatic heterocycles. The standard InChI is InChI=1S/C18H33N5OS/c1-6-19-18(21-10-17-22-16(12-25-17)13(2)3)20-9-14(4)23-7-8-24-11-15(23)5/h12-15H,6-11H2,1-5H3,(H2,19,20,21). The summed E-state index contributed by atoms with van der Waals surface area (Å²) in [5, 5.41) is 10.00. The lowest BCUT2D eigenvalue weighted by Gasteiger charge is -2.38. The first kappa shape index (κ1) is 20.1. The van der Waals surface area contributed by atoms with Crippen LogP contribution >= 0.6 is 11.3 Å². The van der Waals surface area contributed by atoms with Gasteiger partial charge in [-0.1, -0.05) is 13.8 Å². The molecule has 0 spiro atoms. The van der Waals surface area contributed by atoms with Crippen molar-refractivity contribution in [1.82, 2.24) is 20.5 Å². The highest BCUT2D eigenvalue weighted by atomic mass is 32.1. The maximum Gasteiger partial charge on any atom is 0.191 e. The summed E-state index contributed by atoms with van der Waals surface area (Å²) in [4.78, 5) is 11.8. The van der Waals surface area contributed by atoms with Crippen molar-refractivity contribution in [2.45, 2.75) is 59.2 Å². The Hall–Kier alpha value is -1.18. The Balaban J connectivity index is 1.88. The molecule has 0 bridgehead atoms. The molecule has 2 rings (SSSR count). The van der Waals surface area contributed by atoms with Gasteiger partial charge < -0.3 is 15.4 Å². The van der Waals surface area contributed by atoms with Crippen LogP contribution in [0.15, 0.2) is 10.4 Å². The molecule has 2 N–H and O–H groups in total. The molecule has 1 aromatic rings. The number of nitrogens with one attached hydrogen (secondary N) is 2. The number of rotatable bonds is 7. The van der Waals surface area contributed by atoms with Crippen molar-refractivity contribution in [3.8, 4) is 0 Å². The summed E-state index contributed by atoms with van der Waals surface area (Å²) >= 11 is 1.69. The van der Waals surface area contributed by atoms with Crippen LogP contribution in [-0.4, -0.2) is 60.8 Å². The predicted molar refractivity (Wildman–Crippen MR) is 105 cm³/mol. The second kappa shape index (κ2) is 10.1. The first-order valence-electron chi connectivity index (χ1n) is 9.31. The van der Waals surface area contributed by atoms with Gasteiger partial charge in [-0.3, -0.25) is 4.90 Å². The molecule has 2 atom stereocenters. The molecule has 7 heteroatoms. The lowest BCUT2D eigenvalue weighted by atomic mass is 10.2. The van der Waals surface area contributed by atoms with Crippen LogP contribution in [0.3, 0.4) is 0 Å². The Morgan fingerprint density at radius 2 is 2.24 bits per heavy atom. The molecule has 1 aliphatic rings. The highest BCUT2D eigenvalue weighted by Gasteiger charge is 2.23. The zero-order chi connectivity index (χ0) is 18.2. The van der Waals surface area contributed by atoms with Gasteiger partial charge in [-0.25, -0.2) is 9.98 Å². The summed E-state index contributed by atoms with van der Waals surface area (Å²) in [5.74, 6) is 1.33. The Morgan fingerprint density at radius 3 is 2.88 bits per heavy atom. The van der Waals surface area contributed by atoms with Crippen LogP contribution in [0, 0.1) is 0 Å². The quantitative estimate of drug-likeness (QED) is 0.572. The number of hydrogen-bond donors (Lipinski definition) is 2. The zero-order valence-corrected chi connectivity index (χ0v) is 17.0. The molecule has 0 radical (unpaired) electrons. The fourth-order valence-corrected chi connectivity index (χ4v) is 3.79. The summed E-state index contributed by atoms with van der Waals surface area (Å²) < 4.78 is 5.53. The Bertz CT molecular complexity index is 545. The number of aromatic nitrogens is 1. The van der Waals surface area contributed by atoms with Gasteiger partial charge in [0, 0.05) is 37.1 Å². The molecule has 0 aromatic carbocycles. The van der Waals surface area contributed by atoms with E-state index in [0.29, 0.717) is 24.5 Å². The number of ether oxygens (including phenoxy) is 1. The van der Waals surface area contributed by atoms with E-state index in [9.17, 15) is 0 Å². The van der Waals surface area contributed by atoms with E-state index in [-0.39, 0.29) is 0 Å². The molecule has 1 aromatic heterocycles. The number of morpholine rings is 1. The van der Waals surface area contributed by atoms with Crippen molar-refractivity contribution in [3.63, 3.8) is 0 Å².